The van der Waals surface area contributed by atoms with Crippen LogP contribution >= 0.6 is 15.9 Å². The molecule has 21 heavy (non-hydrogen) atoms. The highest BCUT2D eigenvalue weighted by Gasteiger charge is 2.19. The lowest BCUT2D eigenvalue weighted by Crippen LogP contribution is -2.09. The van der Waals surface area contributed by atoms with Crippen LogP contribution in [0.25, 0.3) is 11.4 Å². The van der Waals surface area contributed by atoms with Crippen LogP contribution in [0.3, 0.4) is 0 Å². The van der Waals surface area contributed by atoms with Gasteiger partial charge in [0.2, 0.25) is 11.7 Å². The Hall–Kier alpha value is -1.34. The van der Waals surface area contributed by atoms with Crippen LogP contribution in [-0.2, 0) is 6.42 Å². The number of halogens is 3. The molecule has 0 saturated carbocycles. The molecule has 7 heteroatoms. The normalized spacial score (nSPS) is 18.3. The second-order valence-electron chi connectivity index (χ2n) is 5.13. The molecular formula is C14H14BrF2N3O. The monoisotopic (exact) mass is 357 g/mol. The van der Waals surface area contributed by atoms with Crippen molar-refractivity contribution in [2.24, 2.45) is 5.92 Å². The lowest BCUT2D eigenvalue weighted by Gasteiger charge is -2.04. The van der Waals surface area contributed by atoms with E-state index in [0.29, 0.717) is 23.8 Å². The van der Waals surface area contributed by atoms with Crippen LogP contribution in [0.4, 0.5) is 8.78 Å². The standard InChI is InChI=1S/C14H14BrF2N3O/c15-12-9(2-3-10(16)13(12)17)14-19-11(21-20-14)4-1-8-5-6-18-7-8/h2-3,8,18H,1,4-7H2. The van der Waals surface area contributed by atoms with E-state index in [9.17, 15) is 8.78 Å². The molecule has 1 N–H and O–H groups in total. The molecule has 4 nitrogen and oxygen atoms in total. The fourth-order valence-corrected chi connectivity index (χ4v) is 2.95. The summed E-state index contributed by atoms with van der Waals surface area (Å²) in [7, 11) is 0. The molecule has 2 heterocycles. The van der Waals surface area contributed by atoms with E-state index in [1.54, 1.807) is 0 Å². The second-order valence-corrected chi connectivity index (χ2v) is 5.93. The van der Waals surface area contributed by atoms with Crippen LogP contribution in [-0.4, -0.2) is 23.2 Å². The Balaban J connectivity index is 1.74. The van der Waals surface area contributed by atoms with Crippen molar-refractivity contribution < 1.29 is 13.3 Å². The molecule has 1 unspecified atom stereocenters. The van der Waals surface area contributed by atoms with Crippen LogP contribution in [0.1, 0.15) is 18.7 Å². The van der Waals surface area contributed by atoms with Crippen molar-refractivity contribution in [3.8, 4) is 11.4 Å². The molecule has 1 aromatic heterocycles. The van der Waals surface area contributed by atoms with Crippen LogP contribution in [0.15, 0.2) is 21.1 Å². The minimum absolute atomic E-state index is 0.00911. The maximum atomic E-state index is 13.5. The number of nitrogens with one attached hydrogen (secondary N) is 1. The summed E-state index contributed by atoms with van der Waals surface area (Å²) in [6, 6.07) is 2.48. The van der Waals surface area contributed by atoms with E-state index in [1.807, 2.05) is 0 Å². The fraction of sp³-hybridized carbons (Fsp3) is 0.429. The first-order valence-electron chi connectivity index (χ1n) is 6.82. The Labute approximate surface area is 129 Å². The average Bonchev–Trinajstić information content (AvgIpc) is 3.14. The summed E-state index contributed by atoms with van der Waals surface area (Å²) in [6.45, 7) is 2.08. The third-order valence-electron chi connectivity index (χ3n) is 3.67. The van der Waals surface area contributed by atoms with Gasteiger partial charge in [0, 0.05) is 12.0 Å². The average molecular weight is 358 g/mol. The predicted molar refractivity (Wildman–Crippen MR) is 76.6 cm³/mol. The van der Waals surface area contributed by atoms with Gasteiger partial charge in [-0.25, -0.2) is 8.78 Å². The van der Waals surface area contributed by atoms with Gasteiger partial charge in [-0.1, -0.05) is 5.16 Å². The van der Waals surface area contributed by atoms with Crippen LogP contribution < -0.4 is 5.32 Å². The predicted octanol–water partition coefficient (Wildman–Crippen LogP) is 3.32. The first-order valence-corrected chi connectivity index (χ1v) is 7.61. The topological polar surface area (TPSA) is 51.0 Å². The molecule has 0 spiro atoms. The van der Waals surface area contributed by atoms with Crippen molar-refractivity contribution in [2.45, 2.75) is 19.3 Å². The summed E-state index contributed by atoms with van der Waals surface area (Å²) in [6.07, 6.45) is 2.84. The van der Waals surface area contributed by atoms with E-state index in [2.05, 4.69) is 31.4 Å². The maximum Gasteiger partial charge on any atom is 0.226 e. The largest absolute Gasteiger partial charge is 0.339 e. The SMILES string of the molecule is Fc1ccc(-c2noc(CCC3CCNC3)n2)c(Br)c1F. The van der Waals surface area contributed by atoms with Crippen molar-refractivity contribution in [3.63, 3.8) is 0 Å². The van der Waals surface area contributed by atoms with Crippen molar-refractivity contribution in [2.75, 3.05) is 13.1 Å². The van der Waals surface area contributed by atoms with Crippen molar-refractivity contribution in [3.05, 3.63) is 34.1 Å². The molecule has 0 amide bonds. The van der Waals surface area contributed by atoms with Gasteiger partial charge in [-0.2, -0.15) is 4.98 Å². The molecule has 112 valence electrons. The molecule has 1 aromatic carbocycles. The van der Waals surface area contributed by atoms with Gasteiger partial charge < -0.3 is 9.84 Å². The van der Waals surface area contributed by atoms with E-state index in [4.69, 9.17) is 4.52 Å². The molecule has 0 aliphatic carbocycles. The zero-order chi connectivity index (χ0) is 14.8. The van der Waals surface area contributed by atoms with Crippen molar-refractivity contribution in [1.29, 1.82) is 0 Å². The molecular weight excluding hydrogens is 344 g/mol. The lowest BCUT2D eigenvalue weighted by molar-refractivity contribution is 0.365. The molecule has 1 aliphatic rings. The minimum atomic E-state index is -0.948. The van der Waals surface area contributed by atoms with Crippen LogP contribution in [0, 0.1) is 17.6 Å². The smallest absolute Gasteiger partial charge is 0.226 e. The maximum absolute atomic E-state index is 13.5. The fourth-order valence-electron chi connectivity index (χ4n) is 2.45. The van der Waals surface area contributed by atoms with Gasteiger partial charge >= 0.3 is 0 Å². The zero-order valence-corrected chi connectivity index (χ0v) is 12.8. The Kier molecular flexibility index (Phi) is 4.30. The van der Waals surface area contributed by atoms with Crippen LogP contribution in [0.5, 0.6) is 0 Å². The summed E-state index contributed by atoms with van der Waals surface area (Å²) in [4.78, 5) is 4.26. The van der Waals surface area contributed by atoms with Gasteiger partial charge in [-0.05, 0) is 59.9 Å². The number of benzene rings is 1. The Bertz CT molecular complexity index is 641. The Morgan fingerprint density at radius 2 is 2.24 bits per heavy atom. The molecule has 0 radical (unpaired) electrons. The molecule has 1 fully saturated rings. The summed E-state index contributed by atoms with van der Waals surface area (Å²) in [5.41, 5.74) is 0.381. The van der Waals surface area contributed by atoms with Gasteiger partial charge in [-0.15, -0.1) is 0 Å². The molecule has 1 saturated heterocycles. The van der Waals surface area contributed by atoms with E-state index < -0.39 is 11.6 Å². The van der Waals surface area contributed by atoms with Gasteiger partial charge in [-0.3, -0.25) is 0 Å². The van der Waals surface area contributed by atoms with Crippen molar-refractivity contribution >= 4 is 15.9 Å². The first-order chi connectivity index (χ1) is 10.1. The summed E-state index contributed by atoms with van der Waals surface area (Å²) < 4.78 is 31.8. The Morgan fingerprint density at radius 1 is 1.38 bits per heavy atom. The first kappa shape index (κ1) is 14.6. The number of hydrogen-bond acceptors (Lipinski definition) is 4. The molecule has 1 atom stereocenters. The van der Waals surface area contributed by atoms with Crippen molar-refractivity contribution in [1.82, 2.24) is 15.5 Å². The molecule has 0 bridgehead atoms. The molecule has 2 aromatic rings. The number of aromatic nitrogens is 2. The second kappa shape index (κ2) is 6.19. The third kappa shape index (κ3) is 3.13. The van der Waals surface area contributed by atoms with Gasteiger partial charge in [0.05, 0.1) is 4.47 Å². The number of rotatable bonds is 4. The third-order valence-corrected chi connectivity index (χ3v) is 4.45. The van der Waals surface area contributed by atoms with Crippen LogP contribution in [0.2, 0.25) is 0 Å². The number of nitrogens with zero attached hydrogens (tertiary/aromatic N) is 2. The van der Waals surface area contributed by atoms with Gasteiger partial charge in [0.1, 0.15) is 0 Å². The lowest BCUT2D eigenvalue weighted by atomic mass is 10.0. The van der Waals surface area contributed by atoms with Gasteiger partial charge in [0.15, 0.2) is 11.6 Å². The number of hydrogen-bond donors (Lipinski definition) is 1. The summed E-state index contributed by atoms with van der Waals surface area (Å²) >= 11 is 3.02. The minimum Gasteiger partial charge on any atom is -0.339 e. The number of aryl methyl sites for hydroxylation is 1. The quantitative estimate of drug-likeness (QED) is 0.852. The highest BCUT2D eigenvalue weighted by Crippen LogP contribution is 2.30. The van der Waals surface area contributed by atoms with E-state index in [-0.39, 0.29) is 10.3 Å². The Morgan fingerprint density at radius 3 is 3.00 bits per heavy atom. The highest BCUT2D eigenvalue weighted by molar-refractivity contribution is 9.10. The summed E-state index contributed by atoms with van der Waals surface area (Å²) in [5, 5.41) is 7.15. The molecule has 1 aliphatic heterocycles. The summed E-state index contributed by atoms with van der Waals surface area (Å²) in [5.74, 6) is -0.442. The molecule has 3 rings (SSSR count). The van der Waals surface area contributed by atoms with E-state index in [1.165, 1.54) is 6.07 Å². The highest BCUT2D eigenvalue weighted by atomic mass is 79.9. The van der Waals surface area contributed by atoms with E-state index >= 15 is 0 Å². The van der Waals surface area contributed by atoms with E-state index in [0.717, 1.165) is 32.0 Å². The zero-order valence-electron chi connectivity index (χ0n) is 11.2. The van der Waals surface area contributed by atoms with Gasteiger partial charge in [0.25, 0.3) is 0 Å².